The summed E-state index contributed by atoms with van der Waals surface area (Å²) in [6, 6.07) is 8.20. The van der Waals surface area contributed by atoms with Crippen LogP contribution in [0.5, 0.6) is 0 Å². The highest BCUT2D eigenvalue weighted by Crippen LogP contribution is 2.22. The Bertz CT molecular complexity index is 628. The molecule has 0 aliphatic rings. The Morgan fingerprint density at radius 1 is 1.19 bits per heavy atom. The number of nitrogens with zero attached hydrogens (tertiary/aromatic N) is 1. The van der Waals surface area contributed by atoms with Gasteiger partial charge < -0.3 is 10.6 Å². The second-order valence-electron chi connectivity index (χ2n) is 7.78. The first-order chi connectivity index (χ1) is 12.6. The molecule has 1 aromatic carbocycles. The van der Waals surface area contributed by atoms with Gasteiger partial charge in [-0.3, -0.25) is 19.6 Å². The standard InChI is InChI=1S/C20H31N3O4/c1-14(23(27)13-24)16(12-11-15-9-7-6-8-10-15)18(25)22-17(19(26)21-5)20(2,3)4/h6-10,13-14,16-17,27H,11-12H2,1-5H3,(H,21,26)(H,22,25)/t14-,16+,17+/m0/s1. The van der Waals surface area contributed by atoms with E-state index in [-0.39, 0.29) is 18.2 Å². The second-order valence-corrected chi connectivity index (χ2v) is 7.78. The van der Waals surface area contributed by atoms with E-state index >= 15 is 0 Å². The van der Waals surface area contributed by atoms with Crippen molar-refractivity contribution in [3.05, 3.63) is 35.9 Å². The van der Waals surface area contributed by atoms with Crippen LogP contribution in [-0.2, 0) is 20.8 Å². The van der Waals surface area contributed by atoms with Crippen LogP contribution in [0.25, 0.3) is 0 Å². The van der Waals surface area contributed by atoms with Crippen LogP contribution in [0.4, 0.5) is 0 Å². The van der Waals surface area contributed by atoms with E-state index in [9.17, 15) is 19.6 Å². The van der Waals surface area contributed by atoms with Crippen LogP contribution in [0, 0.1) is 11.3 Å². The van der Waals surface area contributed by atoms with Crippen molar-refractivity contribution in [1.82, 2.24) is 15.7 Å². The number of hydroxylamine groups is 2. The summed E-state index contributed by atoms with van der Waals surface area (Å²) in [7, 11) is 1.52. The summed E-state index contributed by atoms with van der Waals surface area (Å²) < 4.78 is 0. The summed E-state index contributed by atoms with van der Waals surface area (Å²) >= 11 is 0. The van der Waals surface area contributed by atoms with Crippen LogP contribution < -0.4 is 10.6 Å². The molecular weight excluding hydrogens is 346 g/mol. The minimum Gasteiger partial charge on any atom is -0.357 e. The van der Waals surface area contributed by atoms with Gasteiger partial charge in [-0.1, -0.05) is 51.1 Å². The summed E-state index contributed by atoms with van der Waals surface area (Å²) in [5.74, 6) is -1.33. The minimum absolute atomic E-state index is 0.285. The lowest BCUT2D eigenvalue weighted by atomic mass is 9.84. The normalized spacial score (nSPS) is 14.6. The van der Waals surface area contributed by atoms with Gasteiger partial charge in [0, 0.05) is 7.05 Å². The predicted molar refractivity (Wildman–Crippen MR) is 103 cm³/mol. The molecule has 0 aliphatic carbocycles. The first-order valence-electron chi connectivity index (χ1n) is 9.10. The molecule has 150 valence electrons. The fraction of sp³-hybridized carbons (Fsp3) is 0.550. The number of rotatable bonds is 9. The van der Waals surface area contributed by atoms with Gasteiger partial charge >= 0.3 is 0 Å². The molecule has 0 bridgehead atoms. The highest BCUT2D eigenvalue weighted by molar-refractivity contribution is 5.89. The lowest BCUT2D eigenvalue weighted by molar-refractivity contribution is -0.166. The van der Waals surface area contributed by atoms with Gasteiger partial charge in [-0.25, -0.2) is 5.06 Å². The molecule has 7 nitrogen and oxygen atoms in total. The number of likely N-dealkylation sites (N-methyl/N-ethyl adjacent to an activating group) is 1. The van der Waals surface area contributed by atoms with Crippen LogP contribution in [0.15, 0.2) is 30.3 Å². The topological polar surface area (TPSA) is 98.7 Å². The number of nitrogens with one attached hydrogen (secondary N) is 2. The molecule has 0 radical (unpaired) electrons. The lowest BCUT2D eigenvalue weighted by Gasteiger charge is -2.33. The number of carbonyl (C=O) groups is 3. The zero-order valence-corrected chi connectivity index (χ0v) is 16.7. The first kappa shape index (κ1) is 22.6. The summed E-state index contributed by atoms with van der Waals surface area (Å²) in [5, 5.41) is 15.7. The highest BCUT2D eigenvalue weighted by atomic mass is 16.5. The smallest absolute Gasteiger partial charge is 0.242 e. The molecule has 0 aromatic heterocycles. The zero-order chi connectivity index (χ0) is 20.6. The third-order valence-corrected chi connectivity index (χ3v) is 4.69. The molecule has 0 aliphatic heterocycles. The van der Waals surface area contributed by atoms with E-state index in [0.717, 1.165) is 5.56 Å². The maximum absolute atomic E-state index is 13.0. The van der Waals surface area contributed by atoms with Gasteiger partial charge in [0.05, 0.1) is 12.0 Å². The van der Waals surface area contributed by atoms with Crippen molar-refractivity contribution in [3.63, 3.8) is 0 Å². The molecule has 27 heavy (non-hydrogen) atoms. The molecule has 3 atom stereocenters. The van der Waals surface area contributed by atoms with Crippen molar-refractivity contribution in [2.45, 2.75) is 52.6 Å². The monoisotopic (exact) mass is 377 g/mol. The summed E-state index contributed by atoms with van der Waals surface area (Å²) in [6.45, 7) is 7.19. The van der Waals surface area contributed by atoms with Gasteiger partial charge in [0.2, 0.25) is 18.2 Å². The van der Waals surface area contributed by atoms with Gasteiger partial charge in [0.1, 0.15) is 6.04 Å². The molecule has 3 amide bonds. The van der Waals surface area contributed by atoms with E-state index in [1.54, 1.807) is 6.92 Å². The van der Waals surface area contributed by atoms with E-state index in [2.05, 4.69) is 10.6 Å². The Balaban J connectivity index is 3.00. The van der Waals surface area contributed by atoms with Crippen molar-refractivity contribution in [2.75, 3.05) is 7.05 Å². The third-order valence-electron chi connectivity index (χ3n) is 4.69. The Morgan fingerprint density at radius 3 is 2.26 bits per heavy atom. The zero-order valence-electron chi connectivity index (χ0n) is 16.7. The Kier molecular flexibility index (Phi) is 8.43. The fourth-order valence-corrected chi connectivity index (χ4v) is 2.91. The molecule has 3 N–H and O–H groups in total. The van der Waals surface area contributed by atoms with E-state index in [1.165, 1.54) is 7.05 Å². The van der Waals surface area contributed by atoms with E-state index in [0.29, 0.717) is 17.9 Å². The minimum atomic E-state index is -0.732. The van der Waals surface area contributed by atoms with E-state index < -0.39 is 23.4 Å². The van der Waals surface area contributed by atoms with Crippen LogP contribution >= 0.6 is 0 Å². The van der Waals surface area contributed by atoms with Crippen LogP contribution in [0.2, 0.25) is 0 Å². The molecule has 0 saturated carbocycles. The average molecular weight is 377 g/mol. The molecule has 0 heterocycles. The average Bonchev–Trinajstić information content (AvgIpc) is 2.64. The predicted octanol–water partition coefficient (Wildman–Crippen LogP) is 1.75. The highest BCUT2D eigenvalue weighted by Gasteiger charge is 2.36. The van der Waals surface area contributed by atoms with E-state index in [1.807, 2.05) is 51.1 Å². The van der Waals surface area contributed by atoms with Crippen molar-refractivity contribution >= 4 is 18.2 Å². The quantitative estimate of drug-likeness (QED) is 0.347. The number of amides is 3. The first-order valence-corrected chi connectivity index (χ1v) is 9.10. The fourth-order valence-electron chi connectivity index (χ4n) is 2.91. The van der Waals surface area contributed by atoms with Crippen molar-refractivity contribution in [3.8, 4) is 0 Å². The molecule has 0 fully saturated rings. The van der Waals surface area contributed by atoms with Crippen molar-refractivity contribution in [1.29, 1.82) is 0 Å². The van der Waals surface area contributed by atoms with Gasteiger partial charge in [-0.05, 0) is 30.7 Å². The maximum Gasteiger partial charge on any atom is 0.242 e. The number of benzene rings is 1. The van der Waals surface area contributed by atoms with Gasteiger partial charge in [0.25, 0.3) is 0 Å². The summed E-state index contributed by atoms with van der Waals surface area (Å²) in [6.07, 6.45) is 1.32. The largest absolute Gasteiger partial charge is 0.357 e. The van der Waals surface area contributed by atoms with Gasteiger partial charge in [0.15, 0.2) is 0 Å². The third kappa shape index (κ3) is 6.67. The van der Waals surface area contributed by atoms with Crippen molar-refractivity contribution < 1.29 is 19.6 Å². The van der Waals surface area contributed by atoms with Gasteiger partial charge in [-0.15, -0.1) is 0 Å². The Morgan fingerprint density at radius 2 is 1.78 bits per heavy atom. The summed E-state index contributed by atoms with van der Waals surface area (Å²) in [5.41, 5.74) is 0.559. The molecule has 1 rings (SSSR count). The van der Waals surface area contributed by atoms with Crippen molar-refractivity contribution in [2.24, 2.45) is 11.3 Å². The van der Waals surface area contributed by atoms with Crippen LogP contribution in [0.1, 0.15) is 39.7 Å². The molecular formula is C20H31N3O4. The summed E-state index contributed by atoms with van der Waals surface area (Å²) in [4.78, 5) is 36.1. The Labute approximate surface area is 161 Å². The maximum atomic E-state index is 13.0. The molecule has 0 unspecified atom stereocenters. The van der Waals surface area contributed by atoms with Crippen LogP contribution in [0.3, 0.4) is 0 Å². The number of hydrogen-bond acceptors (Lipinski definition) is 4. The molecule has 0 saturated heterocycles. The lowest BCUT2D eigenvalue weighted by Crippen LogP contribution is -2.56. The molecule has 1 aromatic rings. The Hall–Kier alpha value is -2.41. The SMILES string of the molecule is CNC(=O)[C@@H](NC(=O)[C@H](CCc1ccccc1)[C@H](C)N(O)C=O)C(C)(C)C. The van der Waals surface area contributed by atoms with Gasteiger partial charge in [-0.2, -0.15) is 0 Å². The van der Waals surface area contributed by atoms with Crippen LogP contribution in [-0.4, -0.2) is 47.6 Å². The second kappa shape index (κ2) is 10.1. The molecule has 0 spiro atoms. The number of carbonyl (C=O) groups excluding carboxylic acids is 3. The molecule has 7 heteroatoms. The number of aryl methyl sites for hydroxylation is 1. The van der Waals surface area contributed by atoms with E-state index in [4.69, 9.17) is 0 Å². The number of hydrogen-bond donors (Lipinski definition) is 3.